The Balaban J connectivity index is 1.51. The summed E-state index contributed by atoms with van der Waals surface area (Å²) in [7, 11) is 0. The Labute approximate surface area is 339 Å². The smallest absolute Gasteiger partial charge is 0.0000472 e. The van der Waals surface area contributed by atoms with Crippen LogP contribution < -0.4 is 0 Å². The molecule has 282 valence electrons. The van der Waals surface area contributed by atoms with Crippen LogP contribution >= 0.6 is 0 Å². The molecule has 0 unspecified atom stereocenters. The zero-order chi connectivity index (χ0) is 40.1. The van der Waals surface area contributed by atoms with Crippen LogP contribution in [0.3, 0.4) is 0 Å². The molecule has 0 bridgehead atoms. The molecular weight excluding hydrogens is 697 g/mol. The summed E-state index contributed by atoms with van der Waals surface area (Å²) < 4.78 is 0. The van der Waals surface area contributed by atoms with Crippen molar-refractivity contribution in [3.8, 4) is 0 Å². The van der Waals surface area contributed by atoms with Crippen molar-refractivity contribution in [2.45, 2.75) is 105 Å². The molecule has 0 heterocycles. The largest absolute Gasteiger partial charge is 0.0610 e. The van der Waals surface area contributed by atoms with E-state index in [4.69, 9.17) is 0 Å². The summed E-state index contributed by atoms with van der Waals surface area (Å²) in [5.74, 6) is 0. The first-order valence-electron chi connectivity index (χ1n) is 21.6. The summed E-state index contributed by atoms with van der Waals surface area (Å²) in [6.45, 7) is 28.7. The average molecular weight is 747 g/mol. The molecule has 0 nitrogen and oxygen atoms in total. The van der Waals surface area contributed by atoms with Gasteiger partial charge >= 0.3 is 0 Å². The molecular formula is C58H50. The summed E-state index contributed by atoms with van der Waals surface area (Å²) in [6, 6.07) is 35.1. The molecule has 13 aromatic carbocycles. The van der Waals surface area contributed by atoms with Gasteiger partial charge in [-0.25, -0.2) is 0 Å². The maximum atomic E-state index is 2.60. The van der Waals surface area contributed by atoms with Gasteiger partial charge in [0.25, 0.3) is 0 Å². The van der Waals surface area contributed by atoms with Gasteiger partial charge in [-0.15, -0.1) is 0 Å². The average Bonchev–Trinajstić information content (AvgIpc) is 3.16. The van der Waals surface area contributed by atoms with Crippen molar-refractivity contribution < 1.29 is 0 Å². The van der Waals surface area contributed by atoms with E-state index in [1.807, 2.05) is 0 Å². The lowest BCUT2D eigenvalue weighted by Gasteiger charge is -2.32. The molecule has 0 fully saturated rings. The molecule has 13 rings (SSSR count). The fraction of sp³-hybridized carbons (Fsp3) is 0.276. The summed E-state index contributed by atoms with van der Waals surface area (Å²) in [5, 5.41) is 34.4. The van der Waals surface area contributed by atoms with Crippen LogP contribution in [0.4, 0.5) is 0 Å². The molecule has 0 radical (unpaired) electrons. The van der Waals surface area contributed by atoms with Gasteiger partial charge < -0.3 is 0 Å². The number of fused-ring (bicyclic) bond motifs is 6. The quantitative estimate of drug-likeness (QED) is 0.107. The Morgan fingerprint density at radius 1 is 0.207 bits per heavy atom. The second kappa shape index (κ2) is 9.69. The van der Waals surface area contributed by atoms with Gasteiger partial charge in [-0.3, -0.25) is 0 Å². The number of benzene rings is 13. The van der Waals surface area contributed by atoms with E-state index in [-0.39, 0.29) is 21.7 Å². The Morgan fingerprint density at radius 2 is 0.362 bits per heavy atom. The van der Waals surface area contributed by atoms with Gasteiger partial charge in [-0.2, -0.15) is 0 Å². The maximum absolute atomic E-state index is 2.60. The first kappa shape index (κ1) is 33.5. The van der Waals surface area contributed by atoms with E-state index in [9.17, 15) is 0 Å². The van der Waals surface area contributed by atoms with E-state index >= 15 is 0 Å². The highest BCUT2D eigenvalue weighted by molar-refractivity contribution is 6.61. The van der Waals surface area contributed by atoms with Gasteiger partial charge in [-0.1, -0.05) is 119 Å². The molecule has 0 spiro atoms. The van der Waals surface area contributed by atoms with Crippen molar-refractivity contribution >= 4 is 129 Å². The predicted molar refractivity (Wildman–Crippen MR) is 258 cm³/mol. The van der Waals surface area contributed by atoms with Gasteiger partial charge in [0, 0.05) is 0 Å². The van der Waals surface area contributed by atoms with E-state index in [0.29, 0.717) is 0 Å². The van der Waals surface area contributed by atoms with Crippen LogP contribution in [-0.4, -0.2) is 0 Å². The van der Waals surface area contributed by atoms with Gasteiger partial charge in [0.2, 0.25) is 0 Å². The zero-order valence-electron chi connectivity index (χ0n) is 36.1. The van der Waals surface area contributed by atoms with Crippen molar-refractivity contribution in [2.24, 2.45) is 0 Å². The van der Waals surface area contributed by atoms with E-state index in [2.05, 4.69) is 168 Å². The highest BCUT2D eigenvalue weighted by Gasteiger charge is 2.34. The first-order valence-corrected chi connectivity index (χ1v) is 21.6. The lowest BCUT2D eigenvalue weighted by Crippen LogP contribution is -2.13. The molecule has 0 N–H and O–H groups in total. The van der Waals surface area contributed by atoms with Crippen LogP contribution in [0.5, 0.6) is 0 Å². The minimum Gasteiger partial charge on any atom is -0.0610 e. The number of hydrogen-bond donors (Lipinski definition) is 0. The second-order valence-corrected chi connectivity index (χ2v) is 22.5. The molecule has 0 aliphatic carbocycles. The van der Waals surface area contributed by atoms with Crippen LogP contribution in [0, 0.1) is 0 Å². The monoisotopic (exact) mass is 746 g/mol. The van der Waals surface area contributed by atoms with Crippen molar-refractivity contribution in [3.05, 3.63) is 107 Å². The Hall–Kier alpha value is -5.46. The van der Waals surface area contributed by atoms with Gasteiger partial charge in [0.1, 0.15) is 0 Å². The molecule has 0 saturated heterocycles. The van der Waals surface area contributed by atoms with Gasteiger partial charge in [-0.05, 0) is 222 Å². The highest BCUT2D eigenvalue weighted by atomic mass is 14.4. The van der Waals surface area contributed by atoms with Gasteiger partial charge in [0.15, 0.2) is 0 Å². The van der Waals surface area contributed by atoms with E-state index in [0.717, 1.165) is 0 Å². The summed E-state index contributed by atoms with van der Waals surface area (Å²) in [5.41, 5.74) is 5.54. The SMILES string of the molecule is CC(C)(C)c1cc2c3cccc4c5cccc6c7cc(C(C)(C)C)cc8c9cc(C(C)(C)C)cc%10c%11cc(C(C)(C)C)cc%12c(c1)c2c1c(c43)c(c56)c(c78)c(c9%10)c1c%12%11. The minimum atomic E-state index is -0.0257. The molecule has 0 heteroatoms. The number of hydrogen-bond acceptors (Lipinski definition) is 0. The van der Waals surface area contributed by atoms with E-state index in [1.54, 1.807) is 0 Å². The third-order valence-electron chi connectivity index (χ3n) is 14.9. The van der Waals surface area contributed by atoms with E-state index in [1.165, 1.54) is 152 Å². The van der Waals surface area contributed by atoms with Gasteiger partial charge in [0.05, 0.1) is 0 Å². The van der Waals surface area contributed by atoms with E-state index < -0.39 is 0 Å². The Bertz CT molecular complexity index is 3640. The molecule has 13 aromatic rings. The highest BCUT2D eigenvalue weighted by Crippen LogP contribution is 2.61. The van der Waals surface area contributed by atoms with Crippen molar-refractivity contribution in [1.29, 1.82) is 0 Å². The van der Waals surface area contributed by atoms with Crippen LogP contribution in [0.2, 0.25) is 0 Å². The molecule has 0 saturated carbocycles. The number of rotatable bonds is 0. The summed E-state index contributed by atoms with van der Waals surface area (Å²) >= 11 is 0. The van der Waals surface area contributed by atoms with Crippen molar-refractivity contribution in [3.63, 3.8) is 0 Å². The fourth-order valence-electron chi connectivity index (χ4n) is 11.9. The Morgan fingerprint density at radius 3 is 0.552 bits per heavy atom. The Kier molecular flexibility index (Phi) is 5.60. The normalized spacial score (nSPS) is 14.6. The minimum absolute atomic E-state index is 0.0128. The standard InChI is InChI=1S/C58H50/c1-55(2,3)27-19-35-33-17-13-15-31-32-16-14-18-34-36-20-28(56(4,5)6)22-38-40-24-30(58(10,11)12)26-42-41-25-29(57(7,8)9)23-39-37(21-27)45(35)51-49(43(31)33)50(44(32)34)52(46(36)38)54(48(40)42)53(51)47(39)41/h13-26H,1-12H3. The molecule has 0 aliphatic rings. The van der Waals surface area contributed by atoms with Crippen LogP contribution in [0.1, 0.15) is 105 Å². The lowest BCUT2D eigenvalue weighted by molar-refractivity contribution is 0.591. The summed E-state index contributed by atoms with van der Waals surface area (Å²) in [6.07, 6.45) is 0. The molecule has 0 amide bonds. The van der Waals surface area contributed by atoms with Crippen LogP contribution in [0.25, 0.3) is 129 Å². The molecule has 0 atom stereocenters. The molecule has 58 heavy (non-hydrogen) atoms. The maximum Gasteiger partial charge on any atom is -0.0000472 e. The molecule has 0 aliphatic heterocycles. The third-order valence-corrected chi connectivity index (χ3v) is 14.9. The zero-order valence-corrected chi connectivity index (χ0v) is 36.1. The first-order chi connectivity index (χ1) is 27.3. The lowest BCUT2D eigenvalue weighted by atomic mass is 9.71. The van der Waals surface area contributed by atoms with Crippen LogP contribution in [0.15, 0.2) is 84.9 Å². The van der Waals surface area contributed by atoms with Crippen molar-refractivity contribution in [1.82, 2.24) is 0 Å². The van der Waals surface area contributed by atoms with Crippen molar-refractivity contribution in [2.75, 3.05) is 0 Å². The fourth-order valence-corrected chi connectivity index (χ4v) is 11.9. The third kappa shape index (κ3) is 3.72. The molecule has 0 aromatic heterocycles. The predicted octanol–water partition coefficient (Wildman–Crippen LogP) is 17.3. The van der Waals surface area contributed by atoms with Crippen LogP contribution in [-0.2, 0) is 21.7 Å². The topological polar surface area (TPSA) is 0 Å². The summed E-state index contributed by atoms with van der Waals surface area (Å²) in [4.78, 5) is 0. The second-order valence-electron chi connectivity index (χ2n) is 22.5.